The van der Waals surface area contributed by atoms with Gasteiger partial charge in [0.2, 0.25) is 0 Å². The van der Waals surface area contributed by atoms with E-state index in [0.29, 0.717) is 11.3 Å². The van der Waals surface area contributed by atoms with E-state index in [1.165, 1.54) is 12.3 Å². The van der Waals surface area contributed by atoms with Crippen molar-refractivity contribution in [3.8, 4) is 23.4 Å². The second kappa shape index (κ2) is 4.86. The molecule has 0 unspecified atom stereocenters. The van der Waals surface area contributed by atoms with E-state index >= 15 is 0 Å². The Morgan fingerprint density at radius 1 is 1.05 bits per heavy atom. The standard InChI is InChI=1S/C15H9N3O2/c16-9-11-5-6-17-18-15(11)20-14-4-2-10-1-3-13(19)7-12(10)8-14/h1-8,19H. The van der Waals surface area contributed by atoms with Gasteiger partial charge in [0.25, 0.3) is 5.88 Å². The molecule has 0 bridgehead atoms. The van der Waals surface area contributed by atoms with E-state index in [1.54, 1.807) is 24.3 Å². The lowest BCUT2D eigenvalue weighted by Gasteiger charge is -2.06. The summed E-state index contributed by atoms with van der Waals surface area (Å²) in [6.07, 6.45) is 1.43. The number of benzene rings is 2. The van der Waals surface area contributed by atoms with Crippen molar-refractivity contribution in [2.24, 2.45) is 0 Å². The number of nitriles is 1. The van der Waals surface area contributed by atoms with Crippen molar-refractivity contribution >= 4 is 10.8 Å². The normalized spacial score (nSPS) is 10.2. The lowest BCUT2D eigenvalue weighted by atomic mass is 10.1. The van der Waals surface area contributed by atoms with Crippen LogP contribution in [0.1, 0.15) is 5.56 Å². The van der Waals surface area contributed by atoms with Gasteiger partial charge in [0.1, 0.15) is 23.1 Å². The number of ether oxygens (including phenoxy) is 1. The highest BCUT2D eigenvalue weighted by Gasteiger charge is 2.07. The molecule has 0 amide bonds. The molecule has 96 valence electrons. The Bertz CT molecular complexity index is 825. The molecule has 2 aromatic carbocycles. The fourth-order valence-electron chi connectivity index (χ4n) is 1.87. The fraction of sp³-hybridized carbons (Fsp3) is 0. The maximum Gasteiger partial charge on any atom is 0.256 e. The van der Waals surface area contributed by atoms with Gasteiger partial charge in [0.15, 0.2) is 0 Å². The Kier molecular flexibility index (Phi) is 2.90. The van der Waals surface area contributed by atoms with Crippen molar-refractivity contribution in [3.63, 3.8) is 0 Å². The van der Waals surface area contributed by atoms with Crippen LogP contribution in [0.15, 0.2) is 48.7 Å². The van der Waals surface area contributed by atoms with Crippen LogP contribution in [-0.4, -0.2) is 15.3 Å². The van der Waals surface area contributed by atoms with E-state index in [2.05, 4.69) is 10.2 Å². The molecule has 0 aliphatic heterocycles. The zero-order valence-corrected chi connectivity index (χ0v) is 10.3. The van der Waals surface area contributed by atoms with Gasteiger partial charge in [-0.2, -0.15) is 10.4 Å². The predicted molar refractivity (Wildman–Crippen MR) is 72.4 cm³/mol. The molecule has 0 aliphatic rings. The van der Waals surface area contributed by atoms with Gasteiger partial charge in [0.05, 0.1) is 6.20 Å². The molecule has 3 aromatic rings. The molecule has 0 radical (unpaired) electrons. The topological polar surface area (TPSA) is 79.0 Å². The Balaban J connectivity index is 2.01. The first-order valence-corrected chi connectivity index (χ1v) is 5.89. The van der Waals surface area contributed by atoms with Gasteiger partial charge in [-0.25, -0.2) is 0 Å². The molecule has 5 heteroatoms. The van der Waals surface area contributed by atoms with Crippen molar-refractivity contribution in [2.75, 3.05) is 0 Å². The van der Waals surface area contributed by atoms with Crippen molar-refractivity contribution in [1.29, 1.82) is 5.26 Å². The van der Waals surface area contributed by atoms with Gasteiger partial charge < -0.3 is 9.84 Å². The van der Waals surface area contributed by atoms with Crippen molar-refractivity contribution in [1.82, 2.24) is 10.2 Å². The van der Waals surface area contributed by atoms with Gasteiger partial charge >= 0.3 is 0 Å². The minimum absolute atomic E-state index is 0.162. The number of phenolic OH excluding ortho intramolecular Hbond substituents is 1. The third-order valence-electron chi connectivity index (χ3n) is 2.82. The largest absolute Gasteiger partial charge is 0.508 e. The van der Waals surface area contributed by atoms with E-state index in [0.717, 1.165) is 10.8 Å². The highest BCUT2D eigenvalue weighted by Crippen LogP contribution is 2.27. The maximum atomic E-state index is 9.49. The first-order chi connectivity index (χ1) is 9.76. The summed E-state index contributed by atoms with van der Waals surface area (Å²) in [4.78, 5) is 0. The van der Waals surface area contributed by atoms with Gasteiger partial charge in [-0.1, -0.05) is 12.1 Å². The summed E-state index contributed by atoms with van der Waals surface area (Å²) in [6, 6.07) is 14.0. The highest BCUT2D eigenvalue weighted by atomic mass is 16.5. The summed E-state index contributed by atoms with van der Waals surface area (Å²) in [5, 5.41) is 27.8. The van der Waals surface area contributed by atoms with E-state index in [1.807, 2.05) is 18.2 Å². The minimum Gasteiger partial charge on any atom is -0.508 e. The summed E-state index contributed by atoms with van der Waals surface area (Å²) in [5.74, 6) is 0.876. The Labute approximate surface area is 114 Å². The molecule has 3 rings (SSSR count). The van der Waals surface area contributed by atoms with E-state index in [4.69, 9.17) is 10.00 Å². The first-order valence-electron chi connectivity index (χ1n) is 5.89. The fourth-order valence-corrected chi connectivity index (χ4v) is 1.87. The van der Waals surface area contributed by atoms with Crippen LogP contribution < -0.4 is 4.74 Å². The Morgan fingerprint density at radius 2 is 1.90 bits per heavy atom. The Hall–Kier alpha value is -3.13. The lowest BCUT2D eigenvalue weighted by molar-refractivity contribution is 0.454. The monoisotopic (exact) mass is 263 g/mol. The number of fused-ring (bicyclic) bond motifs is 1. The summed E-state index contributed by atoms with van der Waals surface area (Å²) in [7, 11) is 0. The molecule has 1 N–H and O–H groups in total. The zero-order valence-electron chi connectivity index (χ0n) is 10.3. The van der Waals surface area contributed by atoms with Gasteiger partial charge in [-0.05, 0) is 41.1 Å². The van der Waals surface area contributed by atoms with Gasteiger partial charge in [-0.3, -0.25) is 0 Å². The summed E-state index contributed by atoms with van der Waals surface area (Å²) >= 11 is 0. The van der Waals surface area contributed by atoms with Gasteiger partial charge in [-0.15, -0.1) is 5.10 Å². The molecule has 0 atom stereocenters. The molecule has 0 spiro atoms. The van der Waals surface area contributed by atoms with E-state index in [9.17, 15) is 5.11 Å². The molecule has 5 nitrogen and oxygen atoms in total. The van der Waals surface area contributed by atoms with Gasteiger partial charge in [0, 0.05) is 0 Å². The summed E-state index contributed by atoms with van der Waals surface area (Å²) in [6.45, 7) is 0. The molecule has 1 heterocycles. The van der Waals surface area contributed by atoms with Crippen LogP contribution in [0, 0.1) is 11.3 Å². The second-order valence-corrected chi connectivity index (χ2v) is 4.16. The number of nitrogens with zero attached hydrogens (tertiary/aromatic N) is 3. The average Bonchev–Trinajstić information content (AvgIpc) is 2.47. The van der Waals surface area contributed by atoms with Crippen LogP contribution in [0.3, 0.4) is 0 Å². The smallest absolute Gasteiger partial charge is 0.256 e. The highest BCUT2D eigenvalue weighted by molar-refractivity contribution is 5.85. The number of hydrogen-bond acceptors (Lipinski definition) is 5. The molecular weight excluding hydrogens is 254 g/mol. The summed E-state index contributed by atoms with van der Waals surface area (Å²) < 4.78 is 5.57. The van der Waals surface area contributed by atoms with Crippen LogP contribution in [0.5, 0.6) is 17.4 Å². The molecule has 0 saturated carbocycles. The van der Waals surface area contributed by atoms with Crippen molar-refractivity contribution in [2.45, 2.75) is 0 Å². The molecule has 0 fully saturated rings. The quantitative estimate of drug-likeness (QED) is 0.768. The van der Waals surface area contributed by atoms with Crippen molar-refractivity contribution in [3.05, 3.63) is 54.2 Å². The number of aromatic nitrogens is 2. The van der Waals surface area contributed by atoms with E-state index in [-0.39, 0.29) is 11.6 Å². The molecule has 0 aliphatic carbocycles. The Morgan fingerprint density at radius 3 is 2.75 bits per heavy atom. The van der Waals surface area contributed by atoms with Crippen LogP contribution in [0.2, 0.25) is 0 Å². The maximum absolute atomic E-state index is 9.49. The van der Waals surface area contributed by atoms with Crippen molar-refractivity contribution < 1.29 is 9.84 Å². The van der Waals surface area contributed by atoms with Crippen LogP contribution in [0.4, 0.5) is 0 Å². The number of aromatic hydroxyl groups is 1. The first kappa shape index (κ1) is 11.9. The molecule has 0 saturated heterocycles. The second-order valence-electron chi connectivity index (χ2n) is 4.16. The summed E-state index contributed by atoms with van der Waals surface area (Å²) in [5.41, 5.74) is 0.316. The number of hydrogen-bond donors (Lipinski definition) is 1. The number of phenols is 1. The SMILES string of the molecule is N#Cc1ccnnc1Oc1ccc2ccc(O)cc2c1. The third-order valence-corrected chi connectivity index (χ3v) is 2.82. The average molecular weight is 263 g/mol. The minimum atomic E-state index is 0.162. The molecule has 20 heavy (non-hydrogen) atoms. The zero-order chi connectivity index (χ0) is 13.9. The lowest BCUT2D eigenvalue weighted by Crippen LogP contribution is -1.93. The van der Waals surface area contributed by atoms with Crippen LogP contribution in [0.25, 0.3) is 10.8 Å². The predicted octanol–water partition coefficient (Wildman–Crippen LogP) is 3.00. The molecule has 1 aromatic heterocycles. The third kappa shape index (κ3) is 2.22. The number of rotatable bonds is 2. The van der Waals surface area contributed by atoms with Crippen LogP contribution in [-0.2, 0) is 0 Å². The van der Waals surface area contributed by atoms with Crippen LogP contribution >= 0.6 is 0 Å². The molecular formula is C15H9N3O2. The van der Waals surface area contributed by atoms with E-state index < -0.39 is 0 Å².